The van der Waals surface area contributed by atoms with Gasteiger partial charge >= 0.3 is 0 Å². The molecule has 4 rings (SSSR count). The fourth-order valence-electron chi connectivity index (χ4n) is 3.77. The highest BCUT2D eigenvalue weighted by Crippen LogP contribution is 2.26. The van der Waals surface area contributed by atoms with Crippen molar-refractivity contribution in [2.45, 2.75) is 19.4 Å². The van der Waals surface area contributed by atoms with Gasteiger partial charge in [0, 0.05) is 19.3 Å². The number of benzene rings is 2. The number of nitrogens with one attached hydrogen (secondary N) is 1. The molecule has 2 heterocycles. The first-order chi connectivity index (χ1) is 13.5. The summed E-state index contributed by atoms with van der Waals surface area (Å²) in [6, 6.07) is 13.3. The number of likely N-dealkylation sites (tertiary alicyclic amines) is 1. The van der Waals surface area contributed by atoms with E-state index in [0.29, 0.717) is 15.7 Å². The van der Waals surface area contributed by atoms with Crippen LogP contribution >= 0.6 is 23.2 Å². The molecular formula is C21H22Cl2N4O. The Balaban J connectivity index is 1.42. The van der Waals surface area contributed by atoms with Gasteiger partial charge in [0.1, 0.15) is 5.82 Å². The van der Waals surface area contributed by atoms with Crippen molar-refractivity contribution in [2.75, 3.05) is 18.4 Å². The number of hydrogen-bond acceptors (Lipinski definition) is 3. The molecule has 1 aliphatic heterocycles. The van der Waals surface area contributed by atoms with Gasteiger partial charge < -0.3 is 9.88 Å². The Morgan fingerprint density at radius 3 is 2.82 bits per heavy atom. The zero-order valence-electron chi connectivity index (χ0n) is 15.7. The molecule has 7 heteroatoms. The van der Waals surface area contributed by atoms with E-state index in [4.69, 9.17) is 28.2 Å². The minimum absolute atomic E-state index is 0.0214. The SMILES string of the molecule is Cn1c(CN2CCC[C@H](C(=O)Nc3ccc(Cl)c(Cl)c3)C2)nc2ccccc21. The Kier molecular flexibility index (Phi) is 5.58. The van der Waals surface area contributed by atoms with E-state index >= 15 is 0 Å². The molecule has 1 fully saturated rings. The maximum atomic E-state index is 12.7. The summed E-state index contributed by atoms with van der Waals surface area (Å²) >= 11 is 12.0. The van der Waals surface area contributed by atoms with Crippen molar-refractivity contribution in [2.24, 2.45) is 13.0 Å². The predicted octanol–water partition coefficient (Wildman–Crippen LogP) is 4.73. The second kappa shape index (κ2) is 8.11. The van der Waals surface area contributed by atoms with Gasteiger partial charge in [-0.3, -0.25) is 9.69 Å². The van der Waals surface area contributed by atoms with Crippen LogP contribution in [-0.4, -0.2) is 33.4 Å². The molecule has 0 aliphatic carbocycles. The van der Waals surface area contributed by atoms with Gasteiger partial charge in [0.05, 0.1) is 33.5 Å². The average molecular weight is 417 g/mol. The highest BCUT2D eigenvalue weighted by molar-refractivity contribution is 6.42. The molecule has 1 aromatic heterocycles. The van der Waals surface area contributed by atoms with Gasteiger partial charge in [-0.05, 0) is 49.7 Å². The number of halogens is 2. The molecule has 0 unspecified atom stereocenters. The van der Waals surface area contributed by atoms with Crippen molar-refractivity contribution in [1.29, 1.82) is 0 Å². The second-order valence-electron chi connectivity index (χ2n) is 7.27. The number of aromatic nitrogens is 2. The van der Waals surface area contributed by atoms with Crippen molar-refractivity contribution in [3.8, 4) is 0 Å². The number of carbonyl (C=O) groups excluding carboxylic acids is 1. The molecule has 1 N–H and O–H groups in total. The number of carbonyl (C=O) groups is 1. The Hall–Kier alpha value is -2.08. The van der Waals surface area contributed by atoms with Crippen LogP contribution in [0, 0.1) is 5.92 Å². The Morgan fingerprint density at radius 2 is 2.04 bits per heavy atom. The fraction of sp³-hybridized carbons (Fsp3) is 0.333. The molecule has 5 nitrogen and oxygen atoms in total. The number of aryl methyl sites for hydroxylation is 1. The number of anilines is 1. The smallest absolute Gasteiger partial charge is 0.228 e. The molecule has 0 saturated carbocycles. The quantitative estimate of drug-likeness (QED) is 0.668. The van der Waals surface area contributed by atoms with E-state index < -0.39 is 0 Å². The van der Waals surface area contributed by atoms with Gasteiger partial charge in [0.25, 0.3) is 0 Å². The van der Waals surface area contributed by atoms with Crippen molar-refractivity contribution < 1.29 is 4.79 Å². The highest BCUT2D eigenvalue weighted by atomic mass is 35.5. The molecular weight excluding hydrogens is 395 g/mol. The van der Waals surface area contributed by atoms with Crippen LogP contribution < -0.4 is 5.32 Å². The summed E-state index contributed by atoms with van der Waals surface area (Å²) in [6.45, 7) is 2.43. The monoisotopic (exact) mass is 416 g/mol. The molecule has 1 aliphatic rings. The molecule has 1 saturated heterocycles. The van der Waals surface area contributed by atoms with Gasteiger partial charge in [0.15, 0.2) is 0 Å². The van der Waals surface area contributed by atoms with Crippen LogP contribution in [0.1, 0.15) is 18.7 Å². The van der Waals surface area contributed by atoms with E-state index in [1.165, 1.54) is 0 Å². The number of rotatable bonds is 4. The summed E-state index contributed by atoms with van der Waals surface area (Å²) < 4.78 is 2.13. The van der Waals surface area contributed by atoms with Crippen LogP contribution in [0.3, 0.4) is 0 Å². The maximum absolute atomic E-state index is 12.7. The Morgan fingerprint density at radius 1 is 1.21 bits per heavy atom. The maximum Gasteiger partial charge on any atom is 0.228 e. The van der Waals surface area contributed by atoms with Crippen molar-refractivity contribution >= 4 is 45.8 Å². The van der Waals surface area contributed by atoms with Crippen molar-refractivity contribution in [3.05, 3.63) is 58.3 Å². The lowest BCUT2D eigenvalue weighted by Crippen LogP contribution is -2.40. The molecule has 2 aromatic carbocycles. The first kappa shape index (κ1) is 19.2. The lowest BCUT2D eigenvalue weighted by Gasteiger charge is -2.31. The first-order valence-corrected chi connectivity index (χ1v) is 10.2. The van der Waals surface area contributed by atoms with E-state index in [2.05, 4.69) is 20.9 Å². The summed E-state index contributed by atoms with van der Waals surface area (Å²) in [5.41, 5.74) is 2.81. The van der Waals surface area contributed by atoms with E-state index in [-0.39, 0.29) is 11.8 Å². The number of para-hydroxylation sites is 2. The van der Waals surface area contributed by atoms with Crippen molar-refractivity contribution in [3.63, 3.8) is 0 Å². The number of hydrogen-bond donors (Lipinski definition) is 1. The minimum Gasteiger partial charge on any atom is -0.330 e. The fourth-order valence-corrected chi connectivity index (χ4v) is 4.07. The van der Waals surface area contributed by atoms with Crippen LogP contribution in [0.25, 0.3) is 11.0 Å². The molecule has 0 bridgehead atoms. The second-order valence-corrected chi connectivity index (χ2v) is 8.08. The minimum atomic E-state index is -0.0575. The number of piperidine rings is 1. The van der Waals surface area contributed by atoms with Gasteiger partial charge in [-0.2, -0.15) is 0 Å². The van der Waals surface area contributed by atoms with Crippen LogP contribution in [-0.2, 0) is 18.4 Å². The summed E-state index contributed by atoms with van der Waals surface area (Å²) in [5.74, 6) is 0.984. The lowest BCUT2D eigenvalue weighted by atomic mass is 9.97. The number of nitrogens with zero attached hydrogens (tertiary/aromatic N) is 3. The van der Waals surface area contributed by atoms with Crippen LogP contribution in [0.2, 0.25) is 10.0 Å². The van der Waals surface area contributed by atoms with E-state index in [1.807, 2.05) is 25.2 Å². The molecule has 0 radical (unpaired) electrons. The zero-order valence-corrected chi connectivity index (χ0v) is 17.2. The average Bonchev–Trinajstić information content (AvgIpc) is 3.01. The topological polar surface area (TPSA) is 50.2 Å². The van der Waals surface area contributed by atoms with E-state index in [9.17, 15) is 4.79 Å². The van der Waals surface area contributed by atoms with Gasteiger partial charge in [-0.25, -0.2) is 4.98 Å². The zero-order chi connectivity index (χ0) is 19.7. The summed E-state index contributed by atoms with van der Waals surface area (Å²) in [7, 11) is 2.04. The molecule has 1 amide bonds. The molecule has 3 aromatic rings. The van der Waals surface area contributed by atoms with Crippen LogP contribution in [0.4, 0.5) is 5.69 Å². The molecule has 28 heavy (non-hydrogen) atoms. The largest absolute Gasteiger partial charge is 0.330 e. The normalized spacial score (nSPS) is 17.8. The third-order valence-corrected chi connectivity index (χ3v) is 6.05. The summed E-state index contributed by atoms with van der Waals surface area (Å²) in [6.07, 6.45) is 1.87. The molecule has 146 valence electrons. The molecule has 1 atom stereocenters. The molecule has 0 spiro atoms. The van der Waals surface area contributed by atoms with E-state index in [1.54, 1.807) is 18.2 Å². The first-order valence-electron chi connectivity index (χ1n) is 9.40. The predicted molar refractivity (Wildman–Crippen MR) is 114 cm³/mol. The number of amides is 1. The third-order valence-electron chi connectivity index (χ3n) is 5.31. The Labute approximate surface area is 174 Å². The number of imidazole rings is 1. The number of fused-ring (bicyclic) bond motifs is 1. The van der Waals surface area contributed by atoms with E-state index in [0.717, 1.165) is 49.3 Å². The van der Waals surface area contributed by atoms with Gasteiger partial charge in [-0.15, -0.1) is 0 Å². The van der Waals surface area contributed by atoms with Gasteiger partial charge in [-0.1, -0.05) is 35.3 Å². The van der Waals surface area contributed by atoms with Crippen LogP contribution in [0.15, 0.2) is 42.5 Å². The summed E-state index contributed by atoms with van der Waals surface area (Å²) in [5, 5.41) is 3.88. The standard InChI is InChI=1S/C21H22Cl2N4O/c1-26-19-7-3-2-6-18(19)25-20(26)13-27-10-4-5-14(12-27)21(28)24-15-8-9-16(22)17(23)11-15/h2-3,6-9,11,14H,4-5,10,12-13H2,1H3,(H,24,28)/t14-/m0/s1. The van der Waals surface area contributed by atoms with Gasteiger partial charge in [0.2, 0.25) is 5.91 Å². The Bertz CT molecular complexity index is 1020. The third kappa shape index (κ3) is 4.02. The van der Waals surface area contributed by atoms with Crippen molar-refractivity contribution in [1.82, 2.24) is 14.5 Å². The highest BCUT2D eigenvalue weighted by Gasteiger charge is 2.27. The lowest BCUT2D eigenvalue weighted by molar-refractivity contribution is -0.121. The van der Waals surface area contributed by atoms with Crippen LogP contribution in [0.5, 0.6) is 0 Å². The summed E-state index contributed by atoms with van der Waals surface area (Å²) in [4.78, 5) is 19.8.